The number of allylic oxidation sites excluding steroid dienone is 4. The van der Waals surface area contributed by atoms with E-state index in [2.05, 4.69) is 30.3 Å². The van der Waals surface area contributed by atoms with E-state index in [4.69, 9.17) is 0 Å². The highest BCUT2D eigenvalue weighted by atomic mass is 16.3. The first-order valence-electron chi connectivity index (χ1n) is 6.39. The summed E-state index contributed by atoms with van der Waals surface area (Å²) in [7, 11) is 0. The Morgan fingerprint density at radius 2 is 1.94 bits per heavy atom. The molecule has 0 bridgehead atoms. The van der Waals surface area contributed by atoms with Crippen molar-refractivity contribution in [2.24, 2.45) is 0 Å². The van der Waals surface area contributed by atoms with Gasteiger partial charge >= 0.3 is 0 Å². The zero-order valence-corrected chi connectivity index (χ0v) is 11.2. The van der Waals surface area contributed by atoms with Crippen molar-refractivity contribution in [1.82, 2.24) is 0 Å². The van der Waals surface area contributed by atoms with Gasteiger partial charge in [0.15, 0.2) is 0 Å². The van der Waals surface area contributed by atoms with Crippen LogP contribution in [-0.4, -0.2) is 11.2 Å². The molecule has 0 spiro atoms. The van der Waals surface area contributed by atoms with Gasteiger partial charge in [0.05, 0.1) is 0 Å². The molecule has 0 fully saturated rings. The summed E-state index contributed by atoms with van der Waals surface area (Å²) >= 11 is 0. The molecule has 0 aromatic rings. The molecule has 1 unspecified atom stereocenters. The fraction of sp³-hybridized carbons (Fsp3) is 0.412. The van der Waals surface area contributed by atoms with Crippen molar-refractivity contribution in [2.75, 3.05) is 0 Å². The maximum Gasteiger partial charge on any atom is 0.134 e. The average Bonchev–Trinajstić information content (AvgIpc) is 2.37. The second kappa shape index (κ2) is 13.4. The fourth-order valence-electron chi connectivity index (χ4n) is 1.27. The molecule has 0 rings (SSSR count). The Morgan fingerprint density at radius 1 is 1.17 bits per heavy atom. The summed E-state index contributed by atoms with van der Waals surface area (Å²) in [6.45, 7) is 5.59. The molecular formula is C17H22O. The predicted octanol–water partition coefficient (Wildman–Crippen LogP) is 3.62. The van der Waals surface area contributed by atoms with Gasteiger partial charge in [-0.15, -0.1) is 6.58 Å². The minimum absolute atomic E-state index is 0.710. The lowest BCUT2D eigenvalue weighted by Crippen LogP contribution is -1.96. The van der Waals surface area contributed by atoms with Crippen molar-refractivity contribution in [1.29, 1.82) is 0 Å². The van der Waals surface area contributed by atoms with Crippen LogP contribution in [-0.2, 0) is 0 Å². The molecule has 1 nitrogen and oxygen atoms in total. The van der Waals surface area contributed by atoms with Crippen LogP contribution in [0.3, 0.4) is 0 Å². The SMILES string of the molecule is C=CCCCCC/C=C/C(O)C#CC#C/C=C\C. The largest absolute Gasteiger partial charge is 0.377 e. The van der Waals surface area contributed by atoms with Crippen LogP contribution in [0.25, 0.3) is 0 Å². The summed E-state index contributed by atoms with van der Waals surface area (Å²) in [6, 6.07) is 0. The summed E-state index contributed by atoms with van der Waals surface area (Å²) in [4.78, 5) is 0. The van der Waals surface area contributed by atoms with Gasteiger partial charge < -0.3 is 5.11 Å². The van der Waals surface area contributed by atoms with E-state index in [0.717, 1.165) is 19.3 Å². The monoisotopic (exact) mass is 242 g/mol. The molecule has 0 aliphatic rings. The molecule has 0 saturated carbocycles. The van der Waals surface area contributed by atoms with Crippen molar-refractivity contribution >= 4 is 0 Å². The second-order valence-electron chi connectivity index (χ2n) is 3.84. The van der Waals surface area contributed by atoms with Gasteiger partial charge in [-0.3, -0.25) is 0 Å². The number of hydrogen-bond donors (Lipinski definition) is 1. The van der Waals surface area contributed by atoms with Crippen molar-refractivity contribution < 1.29 is 5.11 Å². The van der Waals surface area contributed by atoms with Crippen LogP contribution in [0, 0.1) is 23.7 Å². The fourth-order valence-corrected chi connectivity index (χ4v) is 1.27. The van der Waals surface area contributed by atoms with Gasteiger partial charge in [0, 0.05) is 0 Å². The summed E-state index contributed by atoms with van der Waals surface area (Å²) in [5, 5.41) is 9.49. The summed E-state index contributed by atoms with van der Waals surface area (Å²) in [5.41, 5.74) is 0. The highest BCUT2D eigenvalue weighted by Crippen LogP contribution is 2.04. The van der Waals surface area contributed by atoms with E-state index < -0.39 is 6.10 Å². The van der Waals surface area contributed by atoms with Crippen molar-refractivity contribution in [2.45, 2.75) is 45.1 Å². The van der Waals surface area contributed by atoms with Crippen LogP contribution in [0.4, 0.5) is 0 Å². The Bertz CT molecular complexity index is 379. The zero-order valence-electron chi connectivity index (χ0n) is 11.2. The van der Waals surface area contributed by atoms with Crippen molar-refractivity contribution in [3.05, 3.63) is 37.0 Å². The molecule has 1 atom stereocenters. The highest BCUT2D eigenvalue weighted by molar-refractivity contribution is 5.32. The molecule has 0 aromatic carbocycles. The highest BCUT2D eigenvalue weighted by Gasteiger charge is 1.90. The molecule has 18 heavy (non-hydrogen) atoms. The quantitative estimate of drug-likeness (QED) is 0.411. The standard InChI is InChI=1S/C17H22O/c1-3-5-7-9-10-12-14-16-17(18)15-13-11-8-6-4-2/h3-4,6,14,16-18H,1,5,7,9-10,12H2,2H3/b6-4-,16-14+. The molecular weight excluding hydrogens is 220 g/mol. The van der Waals surface area contributed by atoms with Gasteiger partial charge in [0.1, 0.15) is 6.10 Å². The van der Waals surface area contributed by atoms with Gasteiger partial charge in [0.25, 0.3) is 0 Å². The Kier molecular flexibility index (Phi) is 12.1. The molecule has 0 saturated heterocycles. The molecule has 1 N–H and O–H groups in total. The molecule has 1 heteroatoms. The second-order valence-corrected chi connectivity index (χ2v) is 3.84. The topological polar surface area (TPSA) is 20.2 Å². The number of aliphatic hydroxyl groups excluding tert-OH is 1. The van der Waals surface area contributed by atoms with Crippen molar-refractivity contribution in [3.63, 3.8) is 0 Å². The summed E-state index contributed by atoms with van der Waals surface area (Å²) in [5.74, 6) is 10.6. The van der Waals surface area contributed by atoms with Crippen LogP contribution in [0.5, 0.6) is 0 Å². The molecule has 0 heterocycles. The summed E-state index contributed by atoms with van der Waals surface area (Å²) < 4.78 is 0. The molecule has 96 valence electrons. The Labute approximate surface area is 111 Å². The maximum atomic E-state index is 9.49. The van der Waals surface area contributed by atoms with Crippen molar-refractivity contribution in [3.8, 4) is 23.7 Å². The summed E-state index contributed by atoms with van der Waals surface area (Å²) in [6.07, 6.45) is 14.1. The number of aliphatic hydroxyl groups is 1. The smallest absolute Gasteiger partial charge is 0.134 e. The van der Waals surface area contributed by atoms with Gasteiger partial charge in [0.2, 0.25) is 0 Å². The van der Waals surface area contributed by atoms with E-state index in [1.807, 2.05) is 25.2 Å². The van der Waals surface area contributed by atoms with E-state index in [1.54, 1.807) is 12.2 Å². The van der Waals surface area contributed by atoms with Crippen LogP contribution in [0.1, 0.15) is 39.0 Å². The average molecular weight is 242 g/mol. The van der Waals surface area contributed by atoms with Crippen LogP contribution < -0.4 is 0 Å². The van der Waals surface area contributed by atoms with E-state index in [9.17, 15) is 5.11 Å². The van der Waals surface area contributed by atoms with Crippen LogP contribution in [0.2, 0.25) is 0 Å². The number of unbranched alkanes of at least 4 members (excludes halogenated alkanes) is 4. The lowest BCUT2D eigenvalue weighted by molar-refractivity contribution is 0.280. The van der Waals surface area contributed by atoms with Crippen LogP contribution >= 0.6 is 0 Å². The van der Waals surface area contributed by atoms with Gasteiger partial charge in [-0.05, 0) is 56.6 Å². The van der Waals surface area contributed by atoms with Gasteiger partial charge in [-0.2, -0.15) is 0 Å². The third-order valence-corrected chi connectivity index (χ3v) is 2.20. The Hall–Kier alpha value is -1.70. The molecule has 0 amide bonds. The Balaban J connectivity index is 3.71. The normalized spacial score (nSPS) is 11.7. The zero-order chi connectivity index (χ0) is 13.5. The minimum Gasteiger partial charge on any atom is -0.377 e. The van der Waals surface area contributed by atoms with E-state index >= 15 is 0 Å². The molecule has 0 aromatic heterocycles. The Morgan fingerprint density at radius 3 is 2.67 bits per heavy atom. The lowest BCUT2D eigenvalue weighted by Gasteiger charge is -1.95. The van der Waals surface area contributed by atoms with E-state index in [1.165, 1.54) is 12.8 Å². The van der Waals surface area contributed by atoms with Crippen LogP contribution in [0.15, 0.2) is 37.0 Å². The van der Waals surface area contributed by atoms with E-state index in [-0.39, 0.29) is 0 Å². The molecule has 0 aliphatic carbocycles. The molecule has 0 radical (unpaired) electrons. The van der Waals surface area contributed by atoms with Gasteiger partial charge in [-0.1, -0.05) is 36.5 Å². The first-order valence-corrected chi connectivity index (χ1v) is 6.39. The maximum absolute atomic E-state index is 9.49. The first-order chi connectivity index (χ1) is 8.81. The van der Waals surface area contributed by atoms with E-state index in [0.29, 0.717) is 0 Å². The first kappa shape index (κ1) is 16.3. The molecule has 0 aliphatic heterocycles. The predicted molar refractivity (Wildman–Crippen MR) is 78.8 cm³/mol. The third kappa shape index (κ3) is 12.4. The lowest BCUT2D eigenvalue weighted by atomic mass is 10.1. The van der Waals surface area contributed by atoms with Gasteiger partial charge in [-0.25, -0.2) is 0 Å². The number of hydrogen-bond acceptors (Lipinski definition) is 1. The minimum atomic E-state index is -0.710. The third-order valence-electron chi connectivity index (χ3n) is 2.20. The number of rotatable bonds is 7.